The van der Waals surface area contributed by atoms with Gasteiger partial charge in [-0.2, -0.15) is 0 Å². The average molecular weight is 306 g/mol. The first-order valence-corrected chi connectivity index (χ1v) is 8.34. The van der Waals surface area contributed by atoms with E-state index in [4.69, 9.17) is 11.6 Å². The van der Waals surface area contributed by atoms with Crippen LogP contribution in [0, 0.1) is 5.92 Å². The standard InChI is InChI=1S/C12H16ClNO2S2/c1-9(2)7-10-3-4-11(14-8-10)18-17-6-5-16-12(13)15/h3-4,8-9H,5-7H2,1-2H3. The van der Waals surface area contributed by atoms with Crippen molar-refractivity contribution in [1.82, 2.24) is 4.98 Å². The third-order valence-electron chi connectivity index (χ3n) is 1.97. The Bertz CT molecular complexity index is 371. The molecule has 0 unspecified atom stereocenters. The van der Waals surface area contributed by atoms with E-state index in [2.05, 4.69) is 29.6 Å². The van der Waals surface area contributed by atoms with Gasteiger partial charge in [-0.25, -0.2) is 9.78 Å². The van der Waals surface area contributed by atoms with Crippen LogP contribution in [0.2, 0.25) is 0 Å². The van der Waals surface area contributed by atoms with Crippen molar-refractivity contribution >= 4 is 38.6 Å². The summed E-state index contributed by atoms with van der Waals surface area (Å²) >= 11 is 5.04. The molecule has 18 heavy (non-hydrogen) atoms. The molecule has 1 aromatic rings. The molecule has 1 aromatic heterocycles. The van der Waals surface area contributed by atoms with E-state index in [9.17, 15) is 4.79 Å². The summed E-state index contributed by atoms with van der Waals surface area (Å²) in [6.45, 7) is 4.71. The summed E-state index contributed by atoms with van der Waals surface area (Å²) in [5.74, 6) is 1.34. The molecule has 0 atom stereocenters. The molecule has 100 valence electrons. The normalized spacial score (nSPS) is 10.7. The van der Waals surface area contributed by atoms with Crippen LogP contribution in [0.25, 0.3) is 0 Å². The molecule has 0 aliphatic rings. The first-order chi connectivity index (χ1) is 8.58. The summed E-state index contributed by atoms with van der Waals surface area (Å²) in [7, 11) is 3.16. The highest BCUT2D eigenvalue weighted by Gasteiger charge is 2.01. The van der Waals surface area contributed by atoms with Gasteiger partial charge < -0.3 is 4.74 Å². The van der Waals surface area contributed by atoms with Gasteiger partial charge in [0, 0.05) is 23.6 Å². The molecule has 6 heteroatoms. The zero-order valence-electron chi connectivity index (χ0n) is 10.4. The van der Waals surface area contributed by atoms with Crippen molar-refractivity contribution in [2.75, 3.05) is 12.4 Å². The van der Waals surface area contributed by atoms with Crippen LogP contribution in [0.4, 0.5) is 4.79 Å². The van der Waals surface area contributed by atoms with E-state index < -0.39 is 5.43 Å². The van der Waals surface area contributed by atoms with Crippen LogP contribution in [0.3, 0.4) is 0 Å². The molecule has 0 saturated carbocycles. The minimum absolute atomic E-state index is 0.325. The van der Waals surface area contributed by atoms with Gasteiger partial charge in [0.2, 0.25) is 0 Å². The van der Waals surface area contributed by atoms with Gasteiger partial charge in [0.25, 0.3) is 0 Å². The van der Waals surface area contributed by atoms with Gasteiger partial charge in [0.15, 0.2) is 0 Å². The molecule has 0 fully saturated rings. The Kier molecular flexibility index (Phi) is 7.54. The Balaban J connectivity index is 2.24. The molecule has 0 radical (unpaired) electrons. The number of ether oxygens (including phenoxy) is 1. The van der Waals surface area contributed by atoms with Crippen LogP contribution in [0.15, 0.2) is 23.4 Å². The lowest BCUT2D eigenvalue weighted by atomic mass is 10.1. The monoisotopic (exact) mass is 305 g/mol. The minimum atomic E-state index is -0.753. The van der Waals surface area contributed by atoms with Gasteiger partial charge in [0.1, 0.15) is 11.6 Å². The van der Waals surface area contributed by atoms with E-state index >= 15 is 0 Å². The predicted octanol–water partition coefficient (Wildman–Crippen LogP) is 4.40. The van der Waals surface area contributed by atoms with E-state index in [-0.39, 0.29) is 0 Å². The van der Waals surface area contributed by atoms with Crippen molar-refractivity contribution in [1.29, 1.82) is 0 Å². The first-order valence-electron chi connectivity index (χ1n) is 5.64. The fraction of sp³-hybridized carbons (Fsp3) is 0.500. The minimum Gasteiger partial charge on any atom is -0.453 e. The molecule has 0 aliphatic carbocycles. The molecule has 0 amide bonds. The van der Waals surface area contributed by atoms with E-state index in [0.717, 1.165) is 11.4 Å². The molecule has 3 nitrogen and oxygen atoms in total. The second kappa shape index (κ2) is 8.67. The Morgan fingerprint density at radius 2 is 2.28 bits per heavy atom. The van der Waals surface area contributed by atoms with Gasteiger partial charge in [0.05, 0.1) is 0 Å². The van der Waals surface area contributed by atoms with E-state index in [1.165, 1.54) is 5.56 Å². The molecule has 0 spiro atoms. The average Bonchev–Trinajstić information content (AvgIpc) is 2.30. The topological polar surface area (TPSA) is 39.2 Å². The van der Waals surface area contributed by atoms with Crippen LogP contribution in [0.5, 0.6) is 0 Å². The van der Waals surface area contributed by atoms with E-state index in [1.54, 1.807) is 21.6 Å². The fourth-order valence-corrected chi connectivity index (χ4v) is 3.07. The molecule has 1 rings (SSSR count). The van der Waals surface area contributed by atoms with Gasteiger partial charge >= 0.3 is 5.43 Å². The number of rotatable bonds is 7. The van der Waals surface area contributed by atoms with Crippen molar-refractivity contribution in [3.63, 3.8) is 0 Å². The van der Waals surface area contributed by atoms with Gasteiger partial charge in [-0.3, -0.25) is 0 Å². The van der Waals surface area contributed by atoms with Gasteiger partial charge in [-0.15, -0.1) is 0 Å². The smallest absolute Gasteiger partial charge is 0.403 e. The summed E-state index contributed by atoms with van der Waals surface area (Å²) in [5.41, 5.74) is 0.507. The molecule has 0 N–H and O–H groups in total. The number of nitrogens with zero attached hydrogens (tertiary/aromatic N) is 1. The quantitative estimate of drug-likeness (QED) is 0.424. The number of carbonyl (C=O) groups is 1. The predicted molar refractivity (Wildman–Crippen MR) is 78.3 cm³/mol. The molecule has 0 aromatic carbocycles. The highest BCUT2D eigenvalue weighted by Crippen LogP contribution is 2.29. The number of hydrogen-bond donors (Lipinski definition) is 0. The summed E-state index contributed by atoms with van der Waals surface area (Å²) in [5, 5.41) is 0.963. The number of pyridine rings is 1. The largest absolute Gasteiger partial charge is 0.453 e. The number of carbonyl (C=O) groups excluding carboxylic acids is 1. The summed E-state index contributed by atoms with van der Waals surface area (Å²) < 4.78 is 4.61. The fourth-order valence-electron chi connectivity index (χ4n) is 1.31. The zero-order valence-corrected chi connectivity index (χ0v) is 12.8. The molecule has 0 aliphatic heterocycles. The SMILES string of the molecule is CC(C)Cc1ccc(SSCCOC(=O)Cl)nc1. The van der Waals surface area contributed by atoms with E-state index in [1.807, 2.05) is 12.3 Å². The Morgan fingerprint density at radius 3 is 2.83 bits per heavy atom. The maximum atomic E-state index is 10.3. The van der Waals surface area contributed by atoms with Crippen LogP contribution in [0.1, 0.15) is 19.4 Å². The van der Waals surface area contributed by atoms with E-state index in [0.29, 0.717) is 18.3 Å². The molecular formula is C12H16ClNO2S2. The summed E-state index contributed by atoms with van der Waals surface area (Å²) in [6.07, 6.45) is 2.97. The third kappa shape index (κ3) is 7.13. The number of aromatic nitrogens is 1. The maximum Gasteiger partial charge on any atom is 0.403 e. The summed E-state index contributed by atoms with van der Waals surface area (Å²) in [4.78, 5) is 14.7. The molecule has 0 bridgehead atoms. The Labute approximate surface area is 120 Å². The van der Waals surface area contributed by atoms with Gasteiger partial charge in [-0.1, -0.05) is 30.7 Å². The van der Waals surface area contributed by atoms with Crippen molar-refractivity contribution in [2.24, 2.45) is 5.92 Å². The number of hydrogen-bond acceptors (Lipinski definition) is 5. The molecular weight excluding hydrogens is 290 g/mol. The highest BCUT2D eigenvalue weighted by atomic mass is 35.5. The number of halogens is 1. The summed E-state index contributed by atoms with van der Waals surface area (Å²) in [6, 6.07) is 4.12. The first kappa shape index (κ1) is 15.7. The molecule has 0 saturated heterocycles. The van der Waals surface area contributed by atoms with Gasteiger partial charge in [-0.05, 0) is 34.8 Å². The third-order valence-corrected chi connectivity index (χ3v) is 4.31. The maximum absolute atomic E-state index is 10.3. The van der Waals surface area contributed by atoms with Crippen molar-refractivity contribution in [3.8, 4) is 0 Å². The Morgan fingerprint density at radius 1 is 1.50 bits per heavy atom. The lowest BCUT2D eigenvalue weighted by Gasteiger charge is -2.05. The molecule has 1 heterocycles. The van der Waals surface area contributed by atoms with Crippen LogP contribution in [-0.2, 0) is 11.2 Å². The van der Waals surface area contributed by atoms with Crippen molar-refractivity contribution in [3.05, 3.63) is 23.9 Å². The second-order valence-corrected chi connectivity index (χ2v) is 6.84. The van der Waals surface area contributed by atoms with Crippen LogP contribution < -0.4 is 0 Å². The van der Waals surface area contributed by atoms with Crippen LogP contribution >= 0.6 is 33.2 Å². The second-order valence-electron chi connectivity index (χ2n) is 4.09. The highest BCUT2D eigenvalue weighted by molar-refractivity contribution is 8.76. The zero-order chi connectivity index (χ0) is 13.4. The lowest BCUT2D eigenvalue weighted by molar-refractivity contribution is 0.181. The lowest BCUT2D eigenvalue weighted by Crippen LogP contribution is -1.98. The van der Waals surface area contributed by atoms with Crippen molar-refractivity contribution < 1.29 is 9.53 Å². The van der Waals surface area contributed by atoms with Crippen LogP contribution in [-0.4, -0.2) is 22.8 Å². The Hall–Kier alpha value is -0.390. The van der Waals surface area contributed by atoms with Crippen molar-refractivity contribution in [2.45, 2.75) is 25.3 Å².